The number of phenolic OH excluding ortho intramolecular Hbond substituents is 1. The van der Waals surface area contributed by atoms with Crippen LogP contribution in [0.4, 0.5) is 0 Å². The van der Waals surface area contributed by atoms with Gasteiger partial charge in [-0.2, -0.15) is 0 Å². The highest BCUT2D eigenvalue weighted by Crippen LogP contribution is 2.30. The van der Waals surface area contributed by atoms with E-state index >= 15 is 0 Å². The van der Waals surface area contributed by atoms with Crippen molar-refractivity contribution in [2.24, 2.45) is 4.99 Å². The highest BCUT2D eigenvalue weighted by Gasteiger charge is 2.27. The number of morpholine rings is 1. The summed E-state index contributed by atoms with van der Waals surface area (Å²) in [6, 6.07) is 16.1. The number of hydrogen-bond donors (Lipinski definition) is 1. The van der Waals surface area contributed by atoms with Gasteiger partial charge in [0.15, 0.2) is 11.5 Å². The van der Waals surface area contributed by atoms with Gasteiger partial charge in [-0.1, -0.05) is 36.4 Å². The fourth-order valence-electron chi connectivity index (χ4n) is 3.39. The largest absolute Gasteiger partial charge is 0.504 e. The van der Waals surface area contributed by atoms with Crippen LogP contribution < -0.4 is 4.74 Å². The van der Waals surface area contributed by atoms with Gasteiger partial charge in [0.1, 0.15) is 0 Å². The van der Waals surface area contributed by atoms with Crippen LogP contribution in [-0.4, -0.2) is 55.7 Å². The second-order valence-electron chi connectivity index (χ2n) is 6.42. The van der Waals surface area contributed by atoms with Crippen molar-refractivity contribution in [3.8, 4) is 11.5 Å². The molecule has 5 nitrogen and oxygen atoms in total. The van der Waals surface area contributed by atoms with Gasteiger partial charge in [-0.3, -0.25) is 9.89 Å². The fraction of sp³-hybridized carbons (Fsp3) is 0.381. The minimum absolute atomic E-state index is 0.0288. The van der Waals surface area contributed by atoms with Gasteiger partial charge in [0.05, 0.1) is 32.4 Å². The molecule has 1 saturated heterocycles. The molecule has 26 heavy (non-hydrogen) atoms. The Morgan fingerprint density at radius 3 is 2.54 bits per heavy atom. The quantitative estimate of drug-likeness (QED) is 0.809. The van der Waals surface area contributed by atoms with Crippen LogP contribution in [0.3, 0.4) is 0 Å². The Hall–Kier alpha value is -2.37. The molecule has 0 spiro atoms. The summed E-state index contributed by atoms with van der Waals surface area (Å²) in [7, 11) is 1.54. The molecule has 1 fully saturated rings. The molecular weight excluding hydrogens is 328 g/mol. The standard InChI is InChI=1S/C21H26N2O3/c1-16(22-15-18-9-6-10-19(25-2)21(18)24)20(17-7-4-3-5-8-17)23-11-13-26-14-12-23/h3-10,15-16,20,24H,11-14H2,1-2H3/t16-,20+/m0/s1. The van der Waals surface area contributed by atoms with Crippen LogP contribution in [0, 0.1) is 0 Å². The third-order valence-electron chi connectivity index (χ3n) is 4.74. The predicted molar refractivity (Wildman–Crippen MR) is 103 cm³/mol. The topological polar surface area (TPSA) is 54.3 Å². The number of phenols is 1. The zero-order chi connectivity index (χ0) is 18.4. The average molecular weight is 354 g/mol. The van der Waals surface area contributed by atoms with Crippen molar-refractivity contribution in [2.75, 3.05) is 33.4 Å². The van der Waals surface area contributed by atoms with Crippen molar-refractivity contribution in [3.63, 3.8) is 0 Å². The molecule has 0 saturated carbocycles. The van der Waals surface area contributed by atoms with Crippen molar-refractivity contribution < 1.29 is 14.6 Å². The number of aromatic hydroxyl groups is 1. The SMILES string of the molecule is COc1cccc(C=N[C@@H](C)[C@H](c2ccccc2)N2CCOCC2)c1O. The second kappa shape index (κ2) is 8.83. The number of para-hydroxylation sites is 1. The smallest absolute Gasteiger partial charge is 0.166 e. The van der Waals surface area contributed by atoms with E-state index in [0.717, 1.165) is 26.3 Å². The summed E-state index contributed by atoms with van der Waals surface area (Å²) in [5.74, 6) is 0.572. The second-order valence-corrected chi connectivity index (χ2v) is 6.42. The molecule has 0 radical (unpaired) electrons. The number of nitrogens with zero attached hydrogens (tertiary/aromatic N) is 2. The lowest BCUT2D eigenvalue weighted by Crippen LogP contribution is -2.42. The number of rotatable bonds is 6. The zero-order valence-electron chi connectivity index (χ0n) is 15.3. The summed E-state index contributed by atoms with van der Waals surface area (Å²) in [5.41, 5.74) is 1.90. The molecule has 0 unspecified atom stereocenters. The Morgan fingerprint density at radius 2 is 1.85 bits per heavy atom. The maximum Gasteiger partial charge on any atom is 0.166 e. The average Bonchev–Trinajstić information content (AvgIpc) is 2.69. The first-order valence-corrected chi connectivity index (χ1v) is 8.96. The normalized spacial score (nSPS) is 17.9. The first-order valence-electron chi connectivity index (χ1n) is 8.96. The van der Waals surface area contributed by atoms with Crippen LogP contribution >= 0.6 is 0 Å². The molecule has 0 bridgehead atoms. The molecule has 5 heteroatoms. The maximum atomic E-state index is 10.3. The third-order valence-corrected chi connectivity index (χ3v) is 4.74. The number of methoxy groups -OCH3 is 1. The number of hydrogen-bond acceptors (Lipinski definition) is 5. The Morgan fingerprint density at radius 1 is 1.12 bits per heavy atom. The first-order chi connectivity index (χ1) is 12.7. The number of ether oxygens (including phenoxy) is 2. The van der Waals surface area contributed by atoms with E-state index in [-0.39, 0.29) is 17.8 Å². The van der Waals surface area contributed by atoms with Crippen molar-refractivity contribution in [1.82, 2.24) is 4.90 Å². The lowest BCUT2D eigenvalue weighted by Gasteiger charge is -2.37. The molecule has 138 valence electrons. The van der Waals surface area contributed by atoms with Gasteiger partial charge in [0.25, 0.3) is 0 Å². The van der Waals surface area contributed by atoms with Crippen molar-refractivity contribution in [3.05, 3.63) is 59.7 Å². The summed E-state index contributed by atoms with van der Waals surface area (Å²) in [6.45, 7) is 5.39. The van der Waals surface area contributed by atoms with Gasteiger partial charge in [-0.15, -0.1) is 0 Å². The molecule has 1 N–H and O–H groups in total. The molecule has 0 aromatic heterocycles. The number of benzene rings is 2. The van der Waals surface area contributed by atoms with Gasteiger partial charge in [0, 0.05) is 24.9 Å². The predicted octanol–water partition coefficient (Wildman–Crippen LogP) is 3.28. The number of aliphatic imine (C=N–C) groups is 1. The van der Waals surface area contributed by atoms with E-state index in [9.17, 15) is 5.11 Å². The lowest BCUT2D eigenvalue weighted by atomic mass is 9.98. The van der Waals surface area contributed by atoms with Gasteiger partial charge >= 0.3 is 0 Å². The highest BCUT2D eigenvalue weighted by molar-refractivity contribution is 5.84. The van der Waals surface area contributed by atoms with E-state index < -0.39 is 0 Å². The van der Waals surface area contributed by atoms with E-state index in [0.29, 0.717) is 11.3 Å². The van der Waals surface area contributed by atoms with Crippen LogP contribution in [0.15, 0.2) is 53.5 Å². The molecular formula is C21H26N2O3. The Bertz CT molecular complexity index is 727. The van der Waals surface area contributed by atoms with Crippen LogP contribution in [0.2, 0.25) is 0 Å². The Labute approximate surface area is 154 Å². The molecule has 0 amide bonds. The van der Waals surface area contributed by atoms with Gasteiger partial charge in [-0.25, -0.2) is 0 Å². The van der Waals surface area contributed by atoms with Crippen LogP contribution in [0.5, 0.6) is 11.5 Å². The lowest BCUT2D eigenvalue weighted by molar-refractivity contribution is 0.0119. The van der Waals surface area contributed by atoms with Gasteiger partial charge in [0.2, 0.25) is 0 Å². The molecule has 1 aliphatic heterocycles. The Balaban J connectivity index is 1.84. The molecule has 1 aliphatic rings. The fourth-order valence-corrected chi connectivity index (χ4v) is 3.39. The molecule has 1 heterocycles. The summed E-state index contributed by atoms with van der Waals surface area (Å²) < 4.78 is 10.7. The summed E-state index contributed by atoms with van der Waals surface area (Å²) in [5, 5.41) is 10.3. The molecule has 2 aromatic carbocycles. The van der Waals surface area contributed by atoms with Crippen molar-refractivity contribution >= 4 is 6.21 Å². The molecule has 3 rings (SSSR count). The third kappa shape index (κ3) is 4.23. The van der Waals surface area contributed by atoms with E-state index in [1.54, 1.807) is 19.4 Å². The van der Waals surface area contributed by atoms with Crippen LogP contribution in [0.1, 0.15) is 24.1 Å². The monoisotopic (exact) mass is 354 g/mol. The van der Waals surface area contributed by atoms with Crippen molar-refractivity contribution in [2.45, 2.75) is 19.0 Å². The maximum absolute atomic E-state index is 10.3. The summed E-state index contributed by atoms with van der Waals surface area (Å²) >= 11 is 0. The molecule has 0 aliphatic carbocycles. The summed E-state index contributed by atoms with van der Waals surface area (Å²) in [4.78, 5) is 7.18. The van der Waals surface area contributed by atoms with E-state index in [2.05, 4.69) is 36.1 Å². The van der Waals surface area contributed by atoms with Crippen LogP contribution in [-0.2, 0) is 4.74 Å². The highest BCUT2D eigenvalue weighted by atomic mass is 16.5. The van der Waals surface area contributed by atoms with Gasteiger partial charge in [-0.05, 0) is 24.6 Å². The minimum atomic E-state index is 0.0288. The van der Waals surface area contributed by atoms with E-state index in [1.165, 1.54) is 5.56 Å². The summed E-state index contributed by atoms with van der Waals surface area (Å²) in [6.07, 6.45) is 1.74. The van der Waals surface area contributed by atoms with Crippen LogP contribution in [0.25, 0.3) is 0 Å². The van der Waals surface area contributed by atoms with E-state index in [1.807, 2.05) is 18.2 Å². The van der Waals surface area contributed by atoms with E-state index in [4.69, 9.17) is 14.5 Å². The Kier molecular flexibility index (Phi) is 6.26. The zero-order valence-corrected chi connectivity index (χ0v) is 15.3. The molecule has 2 atom stereocenters. The molecule has 2 aromatic rings. The minimum Gasteiger partial charge on any atom is -0.504 e. The van der Waals surface area contributed by atoms with Gasteiger partial charge < -0.3 is 14.6 Å². The first kappa shape index (κ1) is 18.4. The van der Waals surface area contributed by atoms with Crippen molar-refractivity contribution in [1.29, 1.82) is 0 Å².